The number of hydrogen-bond acceptors (Lipinski definition) is 6. The average Bonchev–Trinajstić information content (AvgIpc) is 3.18. The minimum Gasteiger partial charge on any atom is -0.496 e. The first-order valence-corrected chi connectivity index (χ1v) is 10.9. The van der Waals surface area contributed by atoms with Crippen LogP contribution < -0.4 is 14.2 Å². The molecule has 0 saturated heterocycles. The predicted octanol–water partition coefficient (Wildman–Crippen LogP) is 5.55. The third kappa shape index (κ3) is 5.02. The Morgan fingerprint density at radius 1 is 1.03 bits per heavy atom. The Morgan fingerprint density at radius 3 is 2.56 bits per heavy atom. The summed E-state index contributed by atoms with van der Waals surface area (Å²) in [6, 6.07) is 21.5. The van der Waals surface area contributed by atoms with Gasteiger partial charge >= 0.3 is 5.97 Å². The van der Waals surface area contributed by atoms with Crippen LogP contribution in [0, 0.1) is 0 Å². The van der Waals surface area contributed by atoms with E-state index in [-0.39, 0.29) is 18.1 Å². The highest BCUT2D eigenvalue weighted by molar-refractivity contribution is 6.12. The largest absolute Gasteiger partial charge is 0.496 e. The minimum atomic E-state index is -0.935. The van der Waals surface area contributed by atoms with Crippen molar-refractivity contribution in [3.8, 4) is 17.2 Å². The van der Waals surface area contributed by atoms with Gasteiger partial charge in [-0.25, -0.2) is 4.79 Å². The van der Waals surface area contributed by atoms with Crippen LogP contribution in [-0.4, -0.2) is 25.5 Å². The van der Waals surface area contributed by atoms with Gasteiger partial charge in [0.1, 0.15) is 17.2 Å². The second-order valence-electron chi connectivity index (χ2n) is 7.38. The molecule has 1 aliphatic heterocycles. The Hall–Kier alpha value is -4.32. The standard InChI is InChI=1S/C28H24O6/c1-3-32-28(30)27(20-11-5-4-6-12-20)33-21-16-17-22-25(18-21)34-24(26(22)29)15-9-13-19-10-7-8-14-23(19)31-2/h4-18,27H,3H2,1-2H3/b13-9+,24-15-/t27-/m1/s1. The van der Waals surface area contributed by atoms with Crippen LogP contribution in [0.4, 0.5) is 0 Å². The normalized spacial score (nSPS) is 14.5. The molecule has 0 unspecified atom stereocenters. The Balaban J connectivity index is 1.53. The summed E-state index contributed by atoms with van der Waals surface area (Å²) in [7, 11) is 1.61. The summed E-state index contributed by atoms with van der Waals surface area (Å²) in [4.78, 5) is 25.3. The van der Waals surface area contributed by atoms with Crippen molar-refractivity contribution in [1.29, 1.82) is 0 Å². The molecule has 4 rings (SSSR count). The van der Waals surface area contributed by atoms with Crippen molar-refractivity contribution >= 4 is 17.8 Å². The first-order chi connectivity index (χ1) is 16.6. The number of rotatable bonds is 8. The molecule has 3 aromatic rings. The highest BCUT2D eigenvalue weighted by atomic mass is 16.6. The highest BCUT2D eigenvalue weighted by Gasteiger charge is 2.29. The summed E-state index contributed by atoms with van der Waals surface area (Å²) in [5, 5.41) is 0. The average molecular weight is 456 g/mol. The molecule has 1 atom stereocenters. The SMILES string of the molecule is CCOC(=O)[C@H](Oc1ccc2c(c1)O/C(=C\C=C\c1ccccc1OC)C2=O)c1ccccc1. The van der Waals surface area contributed by atoms with Gasteiger partial charge in [0.05, 0.1) is 19.3 Å². The molecule has 172 valence electrons. The van der Waals surface area contributed by atoms with Crippen molar-refractivity contribution in [1.82, 2.24) is 0 Å². The lowest BCUT2D eigenvalue weighted by Crippen LogP contribution is -2.21. The molecule has 0 aromatic heterocycles. The van der Waals surface area contributed by atoms with Gasteiger partial charge in [-0.3, -0.25) is 4.79 Å². The maximum absolute atomic E-state index is 12.7. The van der Waals surface area contributed by atoms with Crippen molar-refractivity contribution in [3.05, 3.63) is 107 Å². The molecule has 0 spiro atoms. The van der Waals surface area contributed by atoms with Gasteiger partial charge < -0.3 is 18.9 Å². The minimum absolute atomic E-state index is 0.198. The summed E-state index contributed by atoms with van der Waals surface area (Å²) < 4.78 is 22.3. The number of methoxy groups -OCH3 is 1. The van der Waals surface area contributed by atoms with Crippen LogP contribution in [0.15, 0.2) is 90.7 Å². The molecular weight excluding hydrogens is 432 g/mol. The van der Waals surface area contributed by atoms with Crippen LogP contribution in [0.5, 0.6) is 17.2 Å². The molecule has 0 radical (unpaired) electrons. The predicted molar refractivity (Wildman–Crippen MR) is 128 cm³/mol. The van der Waals surface area contributed by atoms with Crippen molar-refractivity contribution in [2.24, 2.45) is 0 Å². The lowest BCUT2D eigenvalue weighted by atomic mass is 10.1. The molecule has 1 heterocycles. The molecule has 0 amide bonds. The van der Waals surface area contributed by atoms with Gasteiger partial charge in [0.15, 0.2) is 5.76 Å². The van der Waals surface area contributed by atoms with E-state index in [0.29, 0.717) is 22.6 Å². The summed E-state index contributed by atoms with van der Waals surface area (Å²) in [6.45, 7) is 1.98. The van der Waals surface area contributed by atoms with Crippen molar-refractivity contribution < 1.29 is 28.5 Å². The van der Waals surface area contributed by atoms with E-state index in [9.17, 15) is 9.59 Å². The molecule has 0 N–H and O–H groups in total. The van der Waals surface area contributed by atoms with E-state index in [2.05, 4.69) is 0 Å². The summed E-state index contributed by atoms with van der Waals surface area (Å²) in [6.07, 6.45) is 4.25. The number of para-hydroxylation sites is 1. The van der Waals surface area contributed by atoms with Gasteiger partial charge in [0, 0.05) is 17.2 Å². The summed E-state index contributed by atoms with van der Waals surface area (Å²) in [5.41, 5.74) is 1.98. The Labute approximate surface area is 198 Å². The molecular formula is C28H24O6. The van der Waals surface area contributed by atoms with Gasteiger partial charge in [-0.2, -0.15) is 0 Å². The van der Waals surface area contributed by atoms with Gasteiger partial charge in [-0.15, -0.1) is 0 Å². The van der Waals surface area contributed by atoms with E-state index in [1.165, 1.54) is 0 Å². The van der Waals surface area contributed by atoms with Crippen LogP contribution in [0.25, 0.3) is 6.08 Å². The van der Waals surface area contributed by atoms with Crippen molar-refractivity contribution in [2.45, 2.75) is 13.0 Å². The number of carbonyl (C=O) groups excluding carboxylic acids is 2. The second-order valence-corrected chi connectivity index (χ2v) is 7.38. The number of esters is 1. The zero-order valence-electron chi connectivity index (χ0n) is 18.9. The number of ether oxygens (including phenoxy) is 4. The molecule has 34 heavy (non-hydrogen) atoms. The topological polar surface area (TPSA) is 71.1 Å². The zero-order valence-corrected chi connectivity index (χ0v) is 18.9. The number of fused-ring (bicyclic) bond motifs is 1. The Bertz CT molecular complexity index is 1240. The number of carbonyl (C=O) groups is 2. The summed E-state index contributed by atoms with van der Waals surface area (Å²) >= 11 is 0. The number of ketones is 1. The van der Waals surface area contributed by atoms with Crippen LogP contribution >= 0.6 is 0 Å². The number of hydrogen-bond donors (Lipinski definition) is 0. The molecule has 0 aliphatic carbocycles. The van der Waals surface area contributed by atoms with Gasteiger partial charge in [0.25, 0.3) is 0 Å². The Kier molecular flexibility index (Phi) is 7.08. The second kappa shape index (κ2) is 10.5. The van der Waals surface area contributed by atoms with Crippen LogP contribution in [0.3, 0.4) is 0 Å². The van der Waals surface area contributed by atoms with E-state index in [4.69, 9.17) is 18.9 Å². The quantitative estimate of drug-likeness (QED) is 0.327. The maximum atomic E-state index is 12.7. The van der Waals surface area contributed by atoms with E-state index < -0.39 is 12.1 Å². The van der Waals surface area contributed by atoms with Gasteiger partial charge in [0.2, 0.25) is 11.9 Å². The first-order valence-electron chi connectivity index (χ1n) is 10.9. The smallest absolute Gasteiger partial charge is 0.352 e. The van der Waals surface area contributed by atoms with Gasteiger partial charge in [-0.1, -0.05) is 60.7 Å². The van der Waals surface area contributed by atoms with E-state index in [1.54, 1.807) is 56.5 Å². The van der Waals surface area contributed by atoms with Crippen LogP contribution in [-0.2, 0) is 9.53 Å². The van der Waals surface area contributed by atoms with Crippen molar-refractivity contribution in [2.75, 3.05) is 13.7 Å². The van der Waals surface area contributed by atoms with Gasteiger partial charge in [-0.05, 0) is 31.2 Å². The molecule has 6 nitrogen and oxygen atoms in total. The Morgan fingerprint density at radius 2 is 1.79 bits per heavy atom. The highest BCUT2D eigenvalue weighted by Crippen LogP contribution is 2.36. The molecule has 1 aliphatic rings. The molecule has 0 saturated carbocycles. The zero-order chi connectivity index (χ0) is 23.9. The number of benzene rings is 3. The third-order valence-corrected chi connectivity index (χ3v) is 5.16. The fourth-order valence-electron chi connectivity index (χ4n) is 3.53. The van der Waals surface area contributed by atoms with Crippen LogP contribution in [0.1, 0.15) is 34.5 Å². The van der Waals surface area contributed by atoms with E-state index >= 15 is 0 Å². The van der Waals surface area contributed by atoms with Crippen molar-refractivity contribution in [3.63, 3.8) is 0 Å². The first kappa shape index (κ1) is 22.9. The van der Waals surface area contributed by atoms with E-state index in [0.717, 1.165) is 11.3 Å². The lowest BCUT2D eigenvalue weighted by Gasteiger charge is -2.18. The number of allylic oxidation sites excluding steroid dienone is 3. The molecule has 0 fully saturated rings. The number of Topliss-reactive ketones (excluding diaryl/α,β-unsaturated/α-hetero) is 1. The lowest BCUT2D eigenvalue weighted by molar-refractivity contribution is -0.151. The van der Waals surface area contributed by atoms with E-state index in [1.807, 2.05) is 48.5 Å². The fraction of sp³-hybridized carbons (Fsp3) is 0.143. The third-order valence-electron chi connectivity index (χ3n) is 5.16. The molecule has 6 heteroatoms. The molecule has 0 bridgehead atoms. The maximum Gasteiger partial charge on any atom is 0.352 e. The molecule has 3 aromatic carbocycles. The monoisotopic (exact) mass is 456 g/mol. The fourth-order valence-corrected chi connectivity index (χ4v) is 3.53. The van der Waals surface area contributed by atoms with Crippen LogP contribution in [0.2, 0.25) is 0 Å². The summed E-state index contributed by atoms with van der Waals surface area (Å²) in [5.74, 6) is 0.970.